The van der Waals surface area contributed by atoms with E-state index in [1.54, 1.807) is 38.1 Å². The summed E-state index contributed by atoms with van der Waals surface area (Å²) in [6.07, 6.45) is 2.82. The van der Waals surface area contributed by atoms with Crippen LogP contribution in [0.3, 0.4) is 0 Å². The van der Waals surface area contributed by atoms with Crippen LogP contribution in [-0.2, 0) is 19.1 Å². The summed E-state index contributed by atoms with van der Waals surface area (Å²) >= 11 is 5.89. The Balaban J connectivity index is 1.91. The fraction of sp³-hybridized carbons (Fsp3) is 0.591. The van der Waals surface area contributed by atoms with Crippen molar-refractivity contribution in [3.8, 4) is 0 Å². The Bertz CT molecular complexity index is 715. The van der Waals surface area contributed by atoms with Gasteiger partial charge in [0.1, 0.15) is 0 Å². The van der Waals surface area contributed by atoms with Gasteiger partial charge in [-0.05, 0) is 30.5 Å². The highest BCUT2D eigenvalue weighted by atomic mass is 35.5. The maximum absolute atomic E-state index is 12.4. The van der Waals surface area contributed by atoms with Gasteiger partial charge in [-0.2, -0.15) is 0 Å². The van der Waals surface area contributed by atoms with Crippen LogP contribution in [0.2, 0.25) is 5.02 Å². The average molecular weight is 440 g/mol. The quantitative estimate of drug-likeness (QED) is 0.426. The van der Waals surface area contributed by atoms with Crippen molar-refractivity contribution in [1.82, 2.24) is 5.32 Å². The zero-order chi connectivity index (χ0) is 22.1. The standard InChI is InChI=1S/C22H30ClNO6/c1-14(2)21(29-20(27)16-6-4-3-5-7-16)30-22(28)24-13-17(12-19(25)26)15-8-10-18(23)11-9-15/h8-11,14,16-17,21H,3-7,12-13H2,1-2H3,(H,24,28)(H,25,26)/t17-,21?/m0/s1. The molecular weight excluding hydrogens is 410 g/mol. The highest BCUT2D eigenvalue weighted by Crippen LogP contribution is 2.26. The van der Waals surface area contributed by atoms with E-state index in [0.717, 1.165) is 37.7 Å². The number of carbonyl (C=O) groups excluding carboxylic acids is 2. The third-order valence-electron chi connectivity index (χ3n) is 5.19. The molecule has 8 heteroatoms. The van der Waals surface area contributed by atoms with Crippen molar-refractivity contribution < 1.29 is 29.0 Å². The van der Waals surface area contributed by atoms with Crippen LogP contribution in [0.15, 0.2) is 24.3 Å². The first-order valence-electron chi connectivity index (χ1n) is 10.4. The molecule has 2 N–H and O–H groups in total. The molecule has 7 nitrogen and oxygen atoms in total. The lowest BCUT2D eigenvalue weighted by molar-refractivity contribution is -0.180. The van der Waals surface area contributed by atoms with Crippen LogP contribution in [0.4, 0.5) is 4.79 Å². The van der Waals surface area contributed by atoms with E-state index >= 15 is 0 Å². The van der Waals surface area contributed by atoms with E-state index < -0.39 is 24.3 Å². The van der Waals surface area contributed by atoms with E-state index in [9.17, 15) is 19.5 Å². The topological polar surface area (TPSA) is 102 Å². The first-order valence-corrected chi connectivity index (χ1v) is 10.8. The Morgan fingerprint density at radius 1 is 1.10 bits per heavy atom. The van der Waals surface area contributed by atoms with Gasteiger partial charge < -0.3 is 19.9 Å². The second-order valence-electron chi connectivity index (χ2n) is 8.02. The van der Waals surface area contributed by atoms with Gasteiger partial charge in [0.25, 0.3) is 6.29 Å². The van der Waals surface area contributed by atoms with Gasteiger partial charge in [-0.1, -0.05) is 56.8 Å². The number of ether oxygens (including phenoxy) is 2. The Hall–Kier alpha value is -2.28. The Labute approximate surface area is 182 Å². The number of hydrogen-bond donors (Lipinski definition) is 2. The summed E-state index contributed by atoms with van der Waals surface area (Å²) in [7, 11) is 0. The van der Waals surface area contributed by atoms with E-state index in [4.69, 9.17) is 21.1 Å². The molecule has 2 rings (SSSR count). The number of carbonyl (C=O) groups is 3. The molecular formula is C22H30ClNO6. The van der Waals surface area contributed by atoms with Crippen LogP contribution >= 0.6 is 11.6 Å². The first kappa shape index (κ1) is 24.0. The maximum atomic E-state index is 12.4. The summed E-state index contributed by atoms with van der Waals surface area (Å²) in [5.41, 5.74) is 0.742. The number of hydrogen-bond acceptors (Lipinski definition) is 5. The van der Waals surface area contributed by atoms with Crippen molar-refractivity contribution in [3.63, 3.8) is 0 Å². The number of benzene rings is 1. The highest BCUT2D eigenvalue weighted by Gasteiger charge is 2.29. The van der Waals surface area contributed by atoms with Gasteiger partial charge in [-0.25, -0.2) is 4.79 Å². The number of halogens is 1. The molecule has 1 aliphatic carbocycles. The number of carboxylic acids is 1. The van der Waals surface area contributed by atoms with Crippen LogP contribution in [-0.4, -0.2) is 36.0 Å². The van der Waals surface area contributed by atoms with Crippen LogP contribution in [0.1, 0.15) is 63.9 Å². The highest BCUT2D eigenvalue weighted by molar-refractivity contribution is 6.30. The molecule has 1 unspecified atom stereocenters. The molecule has 30 heavy (non-hydrogen) atoms. The van der Waals surface area contributed by atoms with E-state index in [1.165, 1.54) is 0 Å². The lowest BCUT2D eigenvalue weighted by Gasteiger charge is -2.26. The Morgan fingerprint density at radius 2 is 1.73 bits per heavy atom. The molecule has 166 valence electrons. The maximum Gasteiger partial charge on any atom is 0.410 e. The molecule has 0 bridgehead atoms. The first-order chi connectivity index (χ1) is 14.3. The fourth-order valence-corrected chi connectivity index (χ4v) is 3.58. The van der Waals surface area contributed by atoms with Crippen LogP contribution < -0.4 is 5.32 Å². The van der Waals surface area contributed by atoms with Crippen molar-refractivity contribution in [3.05, 3.63) is 34.9 Å². The number of nitrogens with one attached hydrogen (secondary N) is 1. The van der Waals surface area contributed by atoms with Gasteiger partial charge in [0.05, 0.1) is 12.3 Å². The van der Waals surface area contributed by atoms with Crippen molar-refractivity contribution in [2.24, 2.45) is 11.8 Å². The molecule has 1 saturated carbocycles. The summed E-state index contributed by atoms with van der Waals surface area (Å²) in [5, 5.41) is 12.3. The second kappa shape index (κ2) is 11.8. The number of amides is 1. The van der Waals surface area contributed by atoms with Gasteiger partial charge >= 0.3 is 18.0 Å². The minimum atomic E-state index is -0.993. The average Bonchev–Trinajstić information content (AvgIpc) is 2.71. The number of alkyl carbamates (subject to hydrolysis) is 1. The molecule has 1 fully saturated rings. The summed E-state index contributed by atoms with van der Waals surface area (Å²) in [5.74, 6) is -2.11. The third-order valence-corrected chi connectivity index (χ3v) is 5.45. The largest absolute Gasteiger partial charge is 0.481 e. The van der Waals surface area contributed by atoms with E-state index in [-0.39, 0.29) is 30.8 Å². The lowest BCUT2D eigenvalue weighted by Crippen LogP contribution is -2.37. The fourth-order valence-electron chi connectivity index (χ4n) is 3.45. The molecule has 1 aliphatic rings. The second-order valence-corrected chi connectivity index (χ2v) is 8.45. The minimum Gasteiger partial charge on any atom is -0.481 e. The van der Waals surface area contributed by atoms with Crippen molar-refractivity contribution in [2.45, 2.75) is 64.6 Å². The molecule has 1 amide bonds. The van der Waals surface area contributed by atoms with Gasteiger partial charge in [-0.3, -0.25) is 9.59 Å². The smallest absolute Gasteiger partial charge is 0.410 e. The normalized spacial score (nSPS) is 16.5. The molecule has 0 spiro atoms. The van der Waals surface area contributed by atoms with Crippen molar-refractivity contribution in [1.29, 1.82) is 0 Å². The van der Waals surface area contributed by atoms with E-state index in [0.29, 0.717) is 5.02 Å². The van der Waals surface area contributed by atoms with Gasteiger partial charge in [0, 0.05) is 23.4 Å². The predicted octanol–water partition coefficient (Wildman–Crippen LogP) is 4.73. The zero-order valence-corrected chi connectivity index (χ0v) is 18.2. The summed E-state index contributed by atoms with van der Waals surface area (Å²) in [6, 6.07) is 6.80. The minimum absolute atomic E-state index is 0.0636. The van der Waals surface area contributed by atoms with Gasteiger partial charge in [0.2, 0.25) is 0 Å². The molecule has 0 aromatic heterocycles. The van der Waals surface area contributed by atoms with E-state index in [2.05, 4.69) is 5.32 Å². The zero-order valence-electron chi connectivity index (χ0n) is 17.4. The monoisotopic (exact) mass is 439 g/mol. The molecule has 1 aromatic rings. The predicted molar refractivity (Wildman–Crippen MR) is 112 cm³/mol. The van der Waals surface area contributed by atoms with Crippen LogP contribution in [0.5, 0.6) is 0 Å². The van der Waals surface area contributed by atoms with E-state index in [1.807, 2.05) is 0 Å². The number of carboxylic acid groups (broad SMARTS) is 1. The number of aliphatic carboxylic acids is 1. The number of rotatable bonds is 9. The van der Waals surface area contributed by atoms with Crippen molar-refractivity contribution >= 4 is 29.6 Å². The summed E-state index contributed by atoms with van der Waals surface area (Å²) < 4.78 is 10.8. The van der Waals surface area contributed by atoms with Crippen molar-refractivity contribution in [2.75, 3.05) is 6.54 Å². The molecule has 0 radical (unpaired) electrons. The summed E-state index contributed by atoms with van der Waals surface area (Å²) in [4.78, 5) is 35.9. The molecule has 0 heterocycles. The molecule has 1 aromatic carbocycles. The van der Waals surface area contributed by atoms with Crippen LogP contribution in [0, 0.1) is 11.8 Å². The number of esters is 1. The Morgan fingerprint density at radius 3 is 2.30 bits per heavy atom. The Kier molecular flexibility index (Phi) is 9.43. The molecule has 2 atom stereocenters. The summed E-state index contributed by atoms with van der Waals surface area (Å²) in [6.45, 7) is 3.66. The van der Waals surface area contributed by atoms with Gasteiger partial charge in [0.15, 0.2) is 0 Å². The molecule has 0 saturated heterocycles. The van der Waals surface area contributed by atoms with Gasteiger partial charge in [-0.15, -0.1) is 0 Å². The SMILES string of the molecule is CC(C)C(OC(=O)NC[C@H](CC(=O)O)c1ccc(Cl)cc1)OC(=O)C1CCCCC1. The third kappa shape index (κ3) is 7.86. The molecule has 0 aliphatic heterocycles. The van der Waals surface area contributed by atoms with Crippen LogP contribution in [0.25, 0.3) is 0 Å². The lowest BCUT2D eigenvalue weighted by atomic mass is 9.89.